The molecule has 4 heteroatoms. The van der Waals surface area contributed by atoms with E-state index in [4.69, 9.17) is 18.7 Å². The zero-order valence-corrected chi connectivity index (χ0v) is 8.64. The molecule has 15 heavy (non-hydrogen) atoms. The molecule has 3 nitrogen and oxygen atoms in total. The quantitative estimate of drug-likeness (QED) is 0.378. The molecular formula is C11H14BNO2. The highest BCUT2D eigenvalue weighted by Crippen LogP contribution is 2.23. The van der Waals surface area contributed by atoms with Crippen molar-refractivity contribution in [3.05, 3.63) is 23.8 Å². The van der Waals surface area contributed by atoms with Gasteiger partial charge in [0.1, 0.15) is 13.6 Å². The summed E-state index contributed by atoms with van der Waals surface area (Å²) in [6.07, 6.45) is 3.51. The molecule has 0 bridgehead atoms. The summed E-state index contributed by atoms with van der Waals surface area (Å²) in [4.78, 5) is 0. The van der Waals surface area contributed by atoms with Gasteiger partial charge in [-0.05, 0) is 17.5 Å². The van der Waals surface area contributed by atoms with E-state index in [1.165, 1.54) is 6.07 Å². The van der Waals surface area contributed by atoms with Gasteiger partial charge in [-0.2, -0.15) is 0 Å². The lowest BCUT2D eigenvalue weighted by atomic mass is 9.88. The third-order valence-electron chi connectivity index (χ3n) is 2.18. The molecule has 1 aromatic carbocycles. The zero-order valence-electron chi connectivity index (χ0n) is 8.64. The molecule has 0 aromatic heterocycles. The Labute approximate surface area is 90.6 Å². The van der Waals surface area contributed by atoms with Crippen molar-refractivity contribution in [1.29, 1.82) is 0 Å². The number of aromatic hydroxyl groups is 1. The average molecular weight is 203 g/mol. The SMILES string of the molecule is [B]c1ccc(O)c(N)c1/C=C\C(C)CO. The van der Waals surface area contributed by atoms with Crippen molar-refractivity contribution in [2.45, 2.75) is 6.92 Å². The van der Waals surface area contributed by atoms with Gasteiger partial charge in [0.05, 0.1) is 5.69 Å². The Bertz CT molecular complexity index is 377. The van der Waals surface area contributed by atoms with Crippen LogP contribution in [0.5, 0.6) is 5.75 Å². The molecule has 1 atom stereocenters. The maximum atomic E-state index is 9.38. The Hall–Kier alpha value is -1.42. The van der Waals surface area contributed by atoms with E-state index in [0.717, 1.165) is 0 Å². The normalized spacial score (nSPS) is 13.2. The number of phenolic OH excluding ortho intramolecular Hbond substituents is 1. The zero-order chi connectivity index (χ0) is 11.4. The van der Waals surface area contributed by atoms with Crippen molar-refractivity contribution in [3.8, 4) is 5.75 Å². The smallest absolute Gasteiger partial charge is 0.139 e. The van der Waals surface area contributed by atoms with Crippen LogP contribution in [0.3, 0.4) is 0 Å². The Morgan fingerprint density at radius 3 is 2.80 bits per heavy atom. The topological polar surface area (TPSA) is 66.5 Å². The summed E-state index contributed by atoms with van der Waals surface area (Å²) in [5.41, 5.74) is 7.03. The highest BCUT2D eigenvalue weighted by Gasteiger charge is 2.04. The number of aliphatic hydroxyl groups excluding tert-OH is 1. The number of benzene rings is 1. The Morgan fingerprint density at radius 1 is 1.53 bits per heavy atom. The Kier molecular flexibility index (Phi) is 3.80. The fourth-order valence-electron chi connectivity index (χ4n) is 1.15. The number of nitrogen functional groups attached to an aromatic ring is 1. The standard InChI is InChI=1S/C11H14BNO2/c1-7(6-14)2-3-8-9(12)4-5-10(15)11(8)13/h2-5,7,14-15H,6,13H2,1H3/b3-2-. The van der Waals surface area contributed by atoms with Gasteiger partial charge in [-0.15, -0.1) is 0 Å². The van der Waals surface area contributed by atoms with E-state index in [1.807, 2.05) is 6.92 Å². The molecule has 0 saturated carbocycles. The minimum Gasteiger partial charge on any atom is -0.506 e. The molecule has 0 fully saturated rings. The molecule has 0 aliphatic rings. The summed E-state index contributed by atoms with van der Waals surface area (Å²) in [6, 6.07) is 3.05. The summed E-state index contributed by atoms with van der Waals surface area (Å²) >= 11 is 0. The summed E-state index contributed by atoms with van der Waals surface area (Å²) in [5, 5.41) is 18.2. The van der Waals surface area contributed by atoms with Crippen LogP contribution in [-0.4, -0.2) is 24.7 Å². The predicted octanol–water partition coefficient (Wildman–Crippen LogP) is 0.410. The molecule has 1 rings (SSSR count). The highest BCUT2D eigenvalue weighted by atomic mass is 16.3. The van der Waals surface area contributed by atoms with Gasteiger partial charge in [-0.1, -0.05) is 30.6 Å². The van der Waals surface area contributed by atoms with E-state index in [-0.39, 0.29) is 24.0 Å². The van der Waals surface area contributed by atoms with Crippen LogP contribution in [0.2, 0.25) is 0 Å². The van der Waals surface area contributed by atoms with Gasteiger partial charge in [0.15, 0.2) is 0 Å². The number of hydrogen-bond acceptors (Lipinski definition) is 3. The molecule has 0 saturated heterocycles. The molecule has 78 valence electrons. The Balaban J connectivity index is 3.03. The highest BCUT2D eigenvalue weighted by molar-refractivity contribution is 6.35. The van der Waals surface area contributed by atoms with Crippen LogP contribution >= 0.6 is 0 Å². The first-order valence-electron chi connectivity index (χ1n) is 4.72. The molecule has 0 spiro atoms. The molecule has 4 N–H and O–H groups in total. The maximum absolute atomic E-state index is 9.38. The summed E-state index contributed by atoms with van der Waals surface area (Å²) in [7, 11) is 5.71. The second-order valence-electron chi connectivity index (χ2n) is 3.52. The van der Waals surface area contributed by atoms with Crippen molar-refractivity contribution >= 4 is 25.1 Å². The first-order chi connectivity index (χ1) is 7.06. The summed E-state index contributed by atoms with van der Waals surface area (Å²) in [6.45, 7) is 1.93. The van der Waals surface area contributed by atoms with E-state index >= 15 is 0 Å². The number of nitrogens with two attached hydrogens (primary N) is 1. The monoisotopic (exact) mass is 203 g/mol. The molecule has 1 aromatic rings. The largest absolute Gasteiger partial charge is 0.506 e. The number of hydrogen-bond donors (Lipinski definition) is 3. The van der Waals surface area contributed by atoms with Gasteiger partial charge < -0.3 is 15.9 Å². The first-order valence-corrected chi connectivity index (χ1v) is 4.72. The molecule has 0 aliphatic heterocycles. The number of phenols is 1. The molecule has 0 aliphatic carbocycles. The lowest BCUT2D eigenvalue weighted by Crippen LogP contribution is -2.10. The molecular weight excluding hydrogens is 189 g/mol. The molecule has 0 amide bonds. The maximum Gasteiger partial charge on any atom is 0.139 e. The van der Waals surface area contributed by atoms with Gasteiger partial charge in [0.25, 0.3) is 0 Å². The third kappa shape index (κ3) is 2.76. The second-order valence-corrected chi connectivity index (χ2v) is 3.52. The summed E-state index contributed by atoms with van der Waals surface area (Å²) < 4.78 is 0. The fourth-order valence-corrected chi connectivity index (χ4v) is 1.15. The third-order valence-corrected chi connectivity index (χ3v) is 2.18. The number of anilines is 1. The Morgan fingerprint density at radius 2 is 2.20 bits per heavy atom. The van der Waals surface area contributed by atoms with Crippen LogP contribution in [0.15, 0.2) is 18.2 Å². The first kappa shape index (κ1) is 11.7. The van der Waals surface area contributed by atoms with E-state index in [9.17, 15) is 5.11 Å². The van der Waals surface area contributed by atoms with Crippen LogP contribution in [0.1, 0.15) is 12.5 Å². The second kappa shape index (κ2) is 4.89. The van der Waals surface area contributed by atoms with Gasteiger partial charge >= 0.3 is 0 Å². The van der Waals surface area contributed by atoms with Crippen molar-refractivity contribution in [3.63, 3.8) is 0 Å². The average Bonchev–Trinajstić information content (AvgIpc) is 2.23. The van der Waals surface area contributed by atoms with Gasteiger partial charge in [0, 0.05) is 6.61 Å². The van der Waals surface area contributed by atoms with Crippen LogP contribution in [-0.2, 0) is 0 Å². The number of rotatable bonds is 3. The fraction of sp³-hybridized carbons (Fsp3) is 0.273. The van der Waals surface area contributed by atoms with Crippen molar-refractivity contribution in [2.75, 3.05) is 12.3 Å². The van der Waals surface area contributed by atoms with E-state index in [1.54, 1.807) is 18.2 Å². The molecule has 2 radical (unpaired) electrons. The van der Waals surface area contributed by atoms with E-state index < -0.39 is 0 Å². The van der Waals surface area contributed by atoms with Crippen molar-refractivity contribution in [2.24, 2.45) is 5.92 Å². The lowest BCUT2D eigenvalue weighted by molar-refractivity contribution is 0.262. The van der Waals surface area contributed by atoms with Crippen LogP contribution in [0.25, 0.3) is 6.08 Å². The van der Waals surface area contributed by atoms with Gasteiger partial charge in [-0.3, -0.25) is 0 Å². The molecule has 1 unspecified atom stereocenters. The van der Waals surface area contributed by atoms with Crippen molar-refractivity contribution < 1.29 is 10.2 Å². The van der Waals surface area contributed by atoms with E-state index in [2.05, 4.69) is 0 Å². The van der Waals surface area contributed by atoms with Crippen LogP contribution < -0.4 is 11.2 Å². The minimum absolute atomic E-state index is 0.0144. The van der Waals surface area contributed by atoms with Crippen LogP contribution in [0.4, 0.5) is 5.69 Å². The molecule has 0 heterocycles. The number of aliphatic hydroxyl groups is 1. The van der Waals surface area contributed by atoms with Crippen molar-refractivity contribution in [1.82, 2.24) is 0 Å². The minimum atomic E-state index is 0.0144. The predicted molar refractivity (Wildman–Crippen MR) is 63.2 cm³/mol. The van der Waals surface area contributed by atoms with Gasteiger partial charge in [0.2, 0.25) is 0 Å². The lowest BCUT2D eigenvalue weighted by Gasteiger charge is -2.08. The summed E-state index contributed by atoms with van der Waals surface area (Å²) in [5.74, 6) is 0.0478. The van der Waals surface area contributed by atoms with Crippen LogP contribution in [0, 0.1) is 5.92 Å². The van der Waals surface area contributed by atoms with E-state index in [0.29, 0.717) is 11.0 Å². The van der Waals surface area contributed by atoms with Gasteiger partial charge in [-0.25, -0.2) is 0 Å².